The summed E-state index contributed by atoms with van der Waals surface area (Å²) < 4.78 is 0. The lowest BCUT2D eigenvalue weighted by Gasteiger charge is -2.22. The molecule has 1 nitrogen and oxygen atoms in total. The van der Waals surface area contributed by atoms with Gasteiger partial charge in [-0.05, 0) is 35.6 Å². The van der Waals surface area contributed by atoms with E-state index in [0.29, 0.717) is 5.56 Å². The van der Waals surface area contributed by atoms with Crippen LogP contribution in [0.15, 0.2) is 18.2 Å². The molecular weight excluding hydrogens is 196 g/mol. The molecule has 0 saturated heterocycles. The summed E-state index contributed by atoms with van der Waals surface area (Å²) in [5.41, 5.74) is 2.73. The van der Waals surface area contributed by atoms with E-state index < -0.39 is 0 Å². The highest BCUT2D eigenvalue weighted by atomic mass is 35.5. The molecule has 2 heteroatoms. The Balaban J connectivity index is 3.38. The molecule has 14 heavy (non-hydrogen) atoms. The standard InChI is InChI=1S/C12H15ClO/c1-8-5-6-9(11(13)14)10(7-8)12(2,3)4/h5-7H,1-4H3. The lowest BCUT2D eigenvalue weighted by atomic mass is 9.83. The third-order valence-corrected chi connectivity index (χ3v) is 2.40. The second kappa shape index (κ2) is 3.74. The fourth-order valence-electron chi connectivity index (χ4n) is 1.45. The van der Waals surface area contributed by atoms with Gasteiger partial charge < -0.3 is 0 Å². The van der Waals surface area contributed by atoms with Crippen molar-refractivity contribution in [2.45, 2.75) is 33.1 Å². The van der Waals surface area contributed by atoms with Gasteiger partial charge in [0, 0.05) is 5.56 Å². The van der Waals surface area contributed by atoms with E-state index in [4.69, 9.17) is 11.6 Å². The number of carbonyl (C=O) groups is 1. The number of hydrogen-bond acceptors (Lipinski definition) is 1. The van der Waals surface area contributed by atoms with Crippen LogP contribution >= 0.6 is 11.6 Å². The molecule has 0 saturated carbocycles. The quantitative estimate of drug-likeness (QED) is 0.647. The van der Waals surface area contributed by atoms with Gasteiger partial charge in [-0.2, -0.15) is 0 Å². The Morgan fingerprint density at radius 2 is 1.86 bits per heavy atom. The monoisotopic (exact) mass is 210 g/mol. The number of carbonyl (C=O) groups excluding carboxylic acids is 1. The van der Waals surface area contributed by atoms with Gasteiger partial charge in [0.05, 0.1) is 0 Å². The average molecular weight is 211 g/mol. The highest BCUT2D eigenvalue weighted by Gasteiger charge is 2.20. The van der Waals surface area contributed by atoms with Gasteiger partial charge in [-0.3, -0.25) is 4.79 Å². The zero-order valence-corrected chi connectivity index (χ0v) is 9.77. The predicted octanol–water partition coefficient (Wildman–Crippen LogP) is 3.67. The van der Waals surface area contributed by atoms with E-state index >= 15 is 0 Å². The van der Waals surface area contributed by atoms with Crippen LogP contribution in [-0.4, -0.2) is 5.24 Å². The first-order valence-electron chi connectivity index (χ1n) is 4.63. The molecule has 0 aliphatic heterocycles. The largest absolute Gasteiger partial charge is 0.276 e. The Kier molecular flexibility index (Phi) is 3.01. The first kappa shape index (κ1) is 11.3. The average Bonchev–Trinajstić information content (AvgIpc) is 2.01. The molecule has 0 fully saturated rings. The van der Waals surface area contributed by atoms with Crippen molar-refractivity contribution in [1.29, 1.82) is 0 Å². The van der Waals surface area contributed by atoms with Gasteiger partial charge in [-0.1, -0.05) is 38.5 Å². The topological polar surface area (TPSA) is 17.1 Å². The van der Waals surface area contributed by atoms with Crippen LogP contribution in [-0.2, 0) is 5.41 Å². The van der Waals surface area contributed by atoms with Crippen molar-refractivity contribution >= 4 is 16.8 Å². The molecule has 0 aromatic heterocycles. The molecule has 0 aliphatic rings. The van der Waals surface area contributed by atoms with E-state index in [2.05, 4.69) is 20.8 Å². The smallest absolute Gasteiger partial charge is 0.252 e. The summed E-state index contributed by atoms with van der Waals surface area (Å²) in [7, 11) is 0. The molecule has 76 valence electrons. The van der Waals surface area contributed by atoms with Gasteiger partial charge in [-0.15, -0.1) is 0 Å². The maximum absolute atomic E-state index is 11.2. The zero-order valence-electron chi connectivity index (χ0n) is 9.02. The maximum atomic E-state index is 11.2. The zero-order chi connectivity index (χ0) is 10.9. The Morgan fingerprint density at radius 3 is 2.29 bits per heavy atom. The number of hydrogen-bond donors (Lipinski definition) is 0. The van der Waals surface area contributed by atoms with Gasteiger partial charge in [0.2, 0.25) is 0 Å². The summed E-state index contributed by atoms with van der Waals surface area (Å²) in [6, 6.07) is 5.73. The molecule has 1 aromatic rings. The second-order valence-corrected chi connectivity index (χ2v) is 4.92. The first-order chi connectivity index (χ1) is 6.32. The SMILES string of the molecule is Cc1ccc(C(=O)Cl)c(C(C)(C)C)c1. The maximum Gasteiger partial charge on any atom is 0.252 e. The summed E-state index contributed by atoms with van der Waals surface area (Å²) in [4.78, 5) is 11.2. The summed E-state index contributed by atoms with van der Waals surface area (Å²) in [5, 5.41) is -0.380. The predicted molar refractivity (Wildman–Crippen MR) is 60.1 cm³/mol. The molecule has 0 heterocycles. The van der Waals surface area contributed by atoms with E-state index in [1.165, 1.54) is 0 Å². The molecule has 0 radical (unpaired) electrons. The van der Waals surface area contributed by atoms with E-state index in [1.807, 2.05) is 19.1 Å². The Bertz CT molecular complexity index is 361. The lowest BCUT2D eigenvalue weighted by molar-refractivity contribution is 0.107. The fourth-order valence-corrected chi connectivity index (χ4v) is 1.61. The van der Waals surface area contributed by atoms with Crippen molar-refractivity contribution in [1.82, 2.24) is 0 Å². The van der Waals surface area contributed by atoms with Crippen LogP contribution in [0.4, 0.5) is 0 Å². The van der Waals surface area contributed by atoms with Crippen LogP contribution < -0.4 is 0 Å². The Hall–Kier alpha value is -0.820. The summed E-state index contributed by atoms with van der Waals surface area (Å²) in [5.74, 6) is 0. The van der Waals surface area contributed by atoms with Crippen molar-refractivity contribution in [3.63, 3.8) is 0 Å². The van der Waals surface area contributed by atoms with Crippen LogP contribution in [0.3, 0.4) is 0 Å². The van der Waals surface area contributed by atoms with Gasteiger partial charge in [0.25, 0.3) is 5.24 Å². The molecule has 0 unspecified atom stereocenters. The Morgan fingerprint density at radius 1 is 1.29 bits per heavy atom. The van der Waals surface area contributed by atoms with Gasteiger partial charge in [-0.25, -0.2) is 0 Å². The van der Waals surface area contributed by atoms with E-state index in [-0.39, 0.29) is 10.7 Å². The molecule has 0 atom stereocenters. The van der Waals surface area contributed by atoms with Crippen molar-refractivity contribution in [3.8, 4) is 0 Å². The van der Waals surface area contributed by atoms with Crippen LogP contribution in [0, 0.1) is 6.92 Å². The van der Waals surface area contributed by atoms with Crippen LogP contribution in [0.1, 0.15) is 42.3 Å². The highest BCUT2D eigenvalue weighted by Crippen LogP contribution is 2.27. The molecule has 0 amide bonds. The molecule has 0 spiro atoms. The molecule has 1 rings (SSSR count). The molecule has 0 N–H and O–H groups in total. The second-order valence-electron chi connectivity index (χ2n) is 4.57. The van der Waals surface area contributed by atoms with E-state index in [0.717, 1.165) is 11.1 Å². The fraction of sp³-hybridized carbons (Fsp3) is 0.417. The number of rotatable bonds is 1. The van der Waals surface area contributed by atoms with Crippen molar-refractivity contribution < 1.29 is 4.79 Å². The minimum absolute atomic E-state index is 0.0497. The van der Waals surface area contributed by atoms with Gasteiger partial charge in [0.1, 0.15) is 0 Å². The minimum atomic E-state index is -0.380. The van der Waals surface area contributed by atoms with Crippen LogP contribution in [0.2, 0.25) is 0 Å². The summed E-state index contributed by atoms with van der Waals surface area (Å²) in [6.07, 6.45) is 0. The number of aryl methyl sites for hydroxylation is 1. The Labute approximate surface area is 90.1 Å². The van der Waals surface area contributed by atoms with Crippen molar-refractivity contribution in [2.75, 3.05) is 0 Å². The summed E-state index contributed by atoms with van der Waals surface area (Å²) >= 11 is 5.53. The normalized spacial score (nSPS) is 11.5. The van der Waals surface area contributed by atoms with Gasteiger partial charge >= 0.3 is 0 Å². The summed E-state index contributed by atoms with van der Waals surface area (Å²) in [6.45, 7) is 8.24. The van der Waals surface area contributed by atoms with Crippen LogP contribution in [0.5, 0.6) is 0 Å². The molecular formula is C12H15ClO. The van der Waals surface area contributed by atoms with Crippen molar-refractivity contribution in [3.05, 3.63) is 34.9 Å². The van der Waals surface area contributed by atoms with Crippen molar-refractivity contribution in [2.24, 2.45) is 0 Å². The van der Waals surface area contributed by atoms with E-state index in [9.17, 15) is 4.79 Å². The minimum Gasteiger partial charge on any atom is -0.276 e. The first-order valence-corrected chi connectivity index (χ1v) is 5.01. The molecule has 1 aromatic carbocycles. The molecule has 0 bridgehead atoms. The van der Waals surface area contributed by atoms with E-state index in [1.54, 1.807) is 6.07 Å². The third kappa shape index (κ3) is 2.36. The lowest BCUT2D eigenvalue weighted by Crippen LogP contribution is -2.15. The molecule has 0 aliphatic carbocycles. The van der Waals surface area contributed by atoms with Crippen LogP contribution in [0.25, 0.3) is 0 Å². The number of benzene rings is 1. The number of halogens is 1. The third-order valence-electron chi connectivity index (χ3n) is 2.19. The highest BCUT2D eigenvalue weighted by molar-refractivity contribution is 6.67. The van der Waals surface area contributed by atoms with Gasteiger partial charge in [0.15, 0.2) is 0 Å².